The summed E-state index contributed by atoms with van der Waals surface area (Å²) in [5, 5.41) is 3.01. The van der Waals surface area contributed by atoms with E-state index >= 15 is 0 Å². The second kappa shape index (κ2) is 8.37. The number of anilines is 2. The summed E-state index contributed by atoms with van der Waals surface area (Å²) in [6.45, 7) is 8.52. The van der Waals surface area contributed by atoms with Crippen LogP contribution in [-0.2, 0) is 11.2 Å². The van der Waals surface area contributed by atoms with Gasteiger partial charge in [-0.05, 0) is 68.3 Å². The van der Waals surface area contributed by atoms with E-state index in [2.05, 4.69) is 66.3 Å². The molecule has 1 fully saturated rings. The summed E-state index contributed by atoms with van der Waals surface area (Å²) in [6, 6.07) is 14.6. The van der Waals surface area contributed by atoms with Gasteiger partial charge in [-0.3, -0.25) is 4.79 Å². The number of aryl methyl sites for hydroxylation is 3. The fourth-order valence-corrected chi connectivity index (χ4v) is 3.26. The van der Waals surface area contributed by atoms with Gasteiger partial charge in [0, 0.05) is 44.0 Å². The highest BCUT2D eigenvalue weighted by Crippen LogP contribution is 2.19. The molecule has 1 N–H and O–H groups in total. The fourth-order valence-electron chi connectivity index (χ4n) is 3.26. The van der Waals surface area contributed by atoms with Crippen LogP contribution in [0, 0.1) is 13.8 Å². The Labute approximate surface area is 156 Å². The summed E-state index contributed by atoms with van der Waals surface area (Å²) in [5.74, 6) is 0.0653. The van der Waals surface area contributed by atoms with Crippen molar-refractivity contribution in [2.45, 2.75) is 26.7 Å². The van der Waals surface area contributed by atoms with Crippen LogP contribution < -0.4 is 10.2 Å². The van der Waals surface area contributed by atoms with Crippen LogP contribution in [-0.4, -0.2) is 44.0 Å². The summed E-state index contributed by atoms with van der Waals surface area (Å²) >= 11 is 0. The molecule has 0 spiro atoms. The number of nitrogens with one attached hydrogen (secondary N) is 1. The number of carbonyl (C=O) groups is 1. The normalized spacial score (nSPS) is 15.1. The van der Waals surface area contributed by atoms with Gasteiger partial charge in [0.15, 0.2) is 0 Å². The lowest BCUT2D eigenvalue weighted by molar-refractivity contribution is -0.116. The molecule has 4 nitrogen and oxygen atoms in total. The predicted octanol–water partition coefficient (Wildman–Crippen LogP) is 3.63. The summed E-state index contributed by atoms with van der Waals surface area (Å²) in [6.07, 6.45) is 1.27. The van der Waals surface area contributed by atoms with E-state index in [-0.39, 0.29) is 5.91 Å². The zero-order chi connectivity index (χ0) is 18.5. The minimum atomic E-state index is 0.0653. The van der Waals surface area contributed by atoms with Gasteiger partial charge in [0.25, 0.3) is 0 Å². The average Bonchev–Trinajstić information content (AvgIpc) is 2.64. The number of benzene rings is 2. The van der Waals surface area contributed by atoms with Gasteiger partial charge in [-0.15, -0.1) is 0 Å². The number of hydrogen-bond donors (Lipinski definition) is 1. The number of piperazine rings is 1. The standard InChI is InChI=1S/C22H29N3O/c1-17-4-5-19(16-18(17)2)6-11-22(26)23-20-7-9-21(10-8-20)25-14-12-24(3)13-15-25/h4-5,7-10,16H,6,11-15H2,1-3H3,(H,23,26). The van der Waals surface area contributed by atoms with E-state index < -0.39 is 0 Å². The minimum Gasteiger partial charge on any atom is -0.369 e. The first-order valence-corrected chi connectivity index (χ1v) is 9.41. The maximum atomic E-state index is 12.2. The Hall–Kier alpha value is -2.33. The number of carbonyl (C=O) groups excluding carboxylic acids is 1. The summed E-state index contributed by atoms with van der Waals surface area (Å²) in [7, 11) is 2.16. The van der Waals surface area contributed by atoms with Crippen molar-refractivity contribution in [3.05, 3.63) is 59.2 Å². The van der Waals surface area contributed by atoms with Gasteiger partial charge in [-0.25, -0.2) is 0 Å². The lowest BCUT2D eigenvalue weighted by Crippen LogP contribution is -2.44. The van der Waals surface area contributed by atoms with Crippen LogP contribution in [0.15, 0.2) is 42.5 Å². The maximum Gasteiger partial charge on any atom is 0.224 e. The molecule has 0 bridgehead atoms. The number of nitrogens with zero attached hydrogens (tertiary/aromatic N) is 2. The van der Waals surface area contributed by atoms with Crippen molar-refractivity contribution in [3.63, 3.8) is 0 Å². The molecular weight excluding hydrogens is 322 g/mol. The molecule has 26 heavy (non-hydrogen) atoms. The third-order valence-corrected chi connectivity index (χ3v) is 5.23. The first-order chi connectivity index (χ1) is 12.5. The molecule has 1 amide bonds. The second-order valence-corrected chi connectivity index (χ2v) is 7.30. The van der Waals surface area contributed by atoms with Crippen LogP contribution >= 0.6 is 0 Å². The van der Waals surface area contributed by atoms with Gasteiger partial charge in [-0.2, -0.15) is 0 Å². The summed E-state index contributed by atoms with van der Waals surface area (Å²) in [4.78, 5) is 17.0. The molecular formula is C22H29N3O. The molecule has 1 heterocycles. The van der Waals surface area contributed by atoms with Gasteiger partial charge in [0.1, 0.15) is 0 Å². The smallest absolute Gasteiger partial charge is 0.224 e. The molecule has 0 atom stereocenters. The van der Waals surface area contributed by atoms with Crippen molar-refractivity contribution in [3.8, 4) is 0 Å². The van der Waals surface area contributed by atoms with Gasteiger partial charge in [0.2, 0.25) is 5.91 Å². The quantitative estimate of drug-likeness (QED) is 0.893. The van der Waals surface area contributed by atoms with E-state index in [0.29, 0.717) is 6.42 Å². The van der Waals surface area contributed by atoms with Crippen LogP contribution in [0.1, 0.15) is 23.1 Å². The van der Waals surface area contributed by atoms with Crippen molar-refractivity contribution in [2.75, 3.05) is 43.4 Å². The Balaban J connectivity index is 1.50. The van der Waals surface area contributed by atoms with Crippen LogP contribution in [0.3, 0.4) is 0 Å². The molecule has 0 aromatic heterocycles. The Morgan fingerprint density at radius 3 is 2.31 bits per heavy atom. The molecule has 138 valence electrons. The number of rotatable bonds is 5. The molecule has 3 rings (SSSR count). The lowest BCUT2D eigenvalue weighted by atomic mass is 10.0. The van der Waals surface area contributed by atoms with Crippen molar-refractivity contribution in [1.29, 1.82) is 0 Å². The highest BCUT2D eigenvalue weighted by Gasteiger charge is 2.14. The fraction of sp³-hybridized carbons (Fsp3) is 0.409. The summed E-state index contributed by atoms with van der Waals surface area (Å²) < 4.78 is 0. The van der Waals surface area contributed by atoms with Gasteiger partial charge < -0.3 is 15.1 Å². The van der Waals surface area contributed by atoms with Crippen LogP contribution in [0.25, 0.3) is 0 Å². The molecule has 0 radical (unpaired) electrons. The minimum absolute atomic E-state index is 0.0653. The van der Waals surface area contributed by atoms with E-state index in [1.165, 1.54) is 22.4 Å². The maximum absolute atomic E-state index is 12.2. The molecule has 4 heteroatoms. The topological polar surface area (TPSA) is 35.6 Å². The third kappa shape index (κ3) is 4.85. The number of likely N-dealkylation sites (N-methyl/N-ethyl adjacent to an activating group) is 1. The van der Waals surface area contributed by atoms with Crippen molar-refractivity contribution in [1.82, 2.24) is 4.90 Å². The Bertz CT molecular complexity index is 746. The van der Waals surface area contributed by atoms with E-state index in [1.807, 2.05) is 12.1 Å². The number of amides is 1. The first-order valence-electron chi connectivity index (χ1n) is 9.41. The van der Waals surface area contributed by atoms with Crippen molar-refractivity contribution in [2.24, 2.45) is 0 Å². The monoisotopic (exact) mass is 351 g/mol. The molecule has 1 saturated heterocycles. The van der Waals surface area contributed by atoms with E-state index in [1.54, 1.807) is 0 Å². The highest BCUT2D eigenvalue weighted by molar-refractivity contribution is 5.91. The first kappa shape index (κ1) is 18.5. The molecule has 0 aliphatic carbocycles. The zero-order valence-electron chi connectivity index (χ0n) is 16.1. The molecule has 2 aromatic carbocycles. The van der Waals surface area contributed by atoms with E-state index in [9.17, 15) is 4.79 Å². The summed E-state index contributed by atoms with van der Waals surface area (Å²) in [5.41, 5.74) is 5.88. The Kier molecular flexibility index (Phi) is 5.94. The molecule has 1 aliphatic rings. The van der Waals surface area contributed by atoms with Gasteiger partial charge >= 0.3 is 0 Å². The van der Waals surface area contributed by atoms with Crippen molar-refractivity contribution >= 4 is 17.3 Å². The van der Waals surface area contributed by atoms with Crippen LogP contribution in [0.4, 0.5) is 11.4 Å². The SMILES string of the molecule is Cc1ccc(CCC(=O)Nc2ccc(N3CCN(C)CC3)cc2)cc1C. The zero-order valence-corrected chi connectivity index (χ0v) is 16.1. The van der Waals surface area contributed by atoms with Gasteiger partial charge in [0.05, 0.1) is 0 Å². The molecule has 1 aliphatic heterocycles. The predicted molar refractivity (Wildman–Crippen MR) is 109 cm³/mol. The average molecular weight is 351 g/mol. The van der Waals surface area contributed by atoms with E-state index in [0.717, 1.165) is 38.3 Å². The van der Waals surface area contributed by atoms with Crippen molar-refractivity contribution < 1.29 is 4.79 Å². The van der Waals surface area contributed by atoms with Crippen LogP contribution in [0.5, 0.6) is 0 Å². The second-order valence-electron chi connectivity index (χ2n) is 7.30. The van der Waals surface area contributed by atoms with E-state index in [4.69, 9.17) is 0 Å². The Morgan fingerprint density at radius 1 is 0.962 bits per heavy atom. The molecule has 0 unspecified atom stereocenters. The highest BCUT2D eigenvalue weighted by atomic mass is 16.1. The number of hydrogen-bond acceptors (Lipinski definition) is 3. The lowest BCUT2D eigenvalue weighted by Gasteiger charge is -2.34. The Morgan fingerprint density at radius 2 is 1.65 bits per heavy atom. The molecule has 0 saturated carbocycles. The third-order valence-electron chi connectivity index (χ3n) is 5.23. The van der Waals surface area contributed by atoms with Crippen LogP contribution in [0.2, 0.25) is 0 Å². The largest absolute Gasteiger partial charge is 0.369 e. The molecule has 2 aromatic rings. The van der Waals surface area contributed by atoms with Gasteiger partial charge in [-0.1, -0.05) is 18.2 Å².